The van der Waals surface area contributed by atoms with Crippen molar-refractivity contribution in [2.24, 2.45) is 0 Å². The fraction of sp³-hybridized carbons (Fsp3) is 0. The highest BCUT2D eigenvalue weighted by Gasteiger charge is 2.06. The summed E-state index contributed by atoms with van der Waals surface area (Å²) in [5.74, 6) is 0.396. The number of aromatic nitrogens is 2. The maximum Gasteiger partial charge on any atom is 0.247 e. The van der Waals surface area contributed by atoms with Gasteiger partial charge in [0.15, 0.2) is 5.69 Å². The average Bonchev–Trinajstić information content (AvgIpc) is 2.75. The third kappa shape index (κ3) is 1.08. The zero-order chi connectivity index (χ0) is 8.39. The fourth-order valence-corrected chi connectivity index (χ4v) is 1.29. The molecule has 0 aromatic carbocycles. The first-order chi connectivity index (χ1) is 5.90. The molecule has 0 radical (unpaired) electrons. The maximum atomic E-state index is 8.46. The van der Waals surface area contributed by atoms with Crippen molar-refractivity contribution >= 4 is 11.3 Å². The molecule has 2 aromatic rings. The van der Waals surface area contributed by atoms with Gasteiger partial charge in [0.05, 0.1) is 5.51 Å². The van der Waals surface area contributed by atoms with Crippen molar-refractivity contribution in [2.45, 2.75) is 0 Å². The van der Waals surface area contributed by atoms with Gasteiger partial charge in [0, 0.05) is 5.38 Å². The summed E-state index contributed by atoms with van der Waals surface area (Å²) in [6.45, 7) is 0. The van der Waals surface area contributed by atoms with Crippen LogP contribution in [0.3, 0.4) is 0 Å². The molecule has 0 unspecified atom stereocenters. The minimum absolute atomic E-state index is 0.276. The molecule has 58 valence electrons. The molecule has 0 bridgehead atoms. The van der Waals surface area contributed by atoms with Crippen LogP contribution in [0.4, 0.5) is 0 Å². The quantitative estimate of drug-likeness (QED) is 0.664. The number of nitriles is 1. The van der Waals surface area contributed by atoms with E-state index in [9.17, 15) is 0 Å². The summed E-state index contributed by atoms with van der Waals surface area (Å²) in [5, 5.41) is 10.3. The first-order valence-electron chi connectivity index (χ1n) is 3.14. The van der Waals surface area contributed by atoms with Gasteiger partial charge in [-0.25, -0.2) is 4.98 Å². The van der Waals surface area contributed by atoms with Crippen LogP contribution in [0.15, 0.2) is 21.6 Å². The zero-order valence-corrected chi connectivity index (χ0v) is 6.71. The minimum Gasteiger partial charge on any atom is -0.442 e. The average molecular weight is 177 g/mol. The van der Waals surface area contributed by atoms with Crippen LogP contribution < -0.4 is 0 Å². The van der Waals surface area contributed by atoms with E-state index in [1.807, 2.05) is 11.4 Å². The number of oxazole rings is 1. The van der Waals surface area contributed by atoms with E-state index >= 15 is 0 Å². The summed E-state index contributed by atoms with van der Waals surface area (Å²) in [4.78, 5) is 7.87. The van der Waals surface area contributed by atoms with E-state index in [1.54, 1.807) is 5.51 Å². The Morgan fingerprint density at radius 1 is 1.58 bits per heavy atom. The lowest BCUT2D eigenvalue weighted by Crippen LogP contribution is -1.76. The van der Waals surface area contributed by atoms with Gasteiger partial charge in [-0.1, -0.05) is 0 Å². The Labute approximate surface area is 72.1 Å². The van der Waals surface area contributed by atoms with Crippen molar-refractivity contribution in [3.63, 3.8) is 0 Å². The lowest BCUT2D eigenvalue weighted by Gasteiger charge is -1.82. The van der Waals surface area contributed by atoms with E-state index in [1.165, 1.54) is 17.6 Å². The highest BCUT2D eigenvalue weighted by Crippen LogP contribution is 2.17. The van der Waals surface area contributed by atoms with Crippen LogP contribution in [-0.4, -0.2) is 9.97 Å². The van der Waals surface area contributed by atoms with E-state index in [0.717, 1.165) is 0 Å². The van der Waals surface area contributed by atoms with Crippen LogP contribution in [0.1, 0.15) is 5.69 Å². The Morgan fingerprint density at radius 2 is 2.50 bits per heavy atom. The Balaban J connectivity index is 2.44. The van der Waals surface area contributed by atoms with Gasteiger partial charge in [0.1, 0.15) is 18.0 Å². The molecule has 0 atom stereocenters. The highest BCUT2D eigenvalue weighted by atomic mass is 32.1. The third-order valence-electron chi connectivity index (χ3n) is 1.27. The molecule has 12 heavy (non-hydrogen) atoms. The van der Waals surface area contributed by atoms with E-state index in [4.69, 9.17) is 9.68 Å². The summed E-state index contributed by atoms with van der Waals surface area (Å²) in [5.41, 5.74) is 2.63. The molecule has 0 spiro atoms. The van der Waals surface area contributed by atoms with Crippen LogP contribution in [0.5, 0.6) is 0 Å². The van der Waals surface area contributed by atoms with Gasteiger partial charge in [-0.05, 0) is 0 Å². The number of rotatable bonds is 1. The molecule has 2 heterocycles. The topological polar surface area (TPSA) is 62.7 Å². The van der Waals surface area contributed by atoms with Crippen LogP contribution in [0, 0.1) is 11.3 Å². The van der Waals surface area contributed by atoms with E-state index < -0.39 is 0 Å². The van der Waals surface area contributed by atoms with E-state index in [-0.39, 0.29) is 5.69 Å². The van der Waals surface area contributed by atoms with Crippen molar-refractivity contribution < 1.29 is 4.42 Å². The molecule has 0 N–H and O–H groups in total. The second-order valence-electron chi connectivity index (χ2n) is 2.02. The molecule has 0 saturated carbocycles. The predicted octanol–water partition coefficient (Wildman–Crippen LogP) is 1.67. The van der Waals surface area contributed by atoms with Crippen molar-refractivity contribution in [3.8, 4) is 17.7 Å². The van der Waals surface area contributed by atoms with Crippen molar-refractivity contribution in [1.29, 1.82) is 5.26 Å². The second kappa shape index (κ2) is 2.75. The predicted molar refractivity (Wildman–Crippen MR) is 42.3 cm³/mol. The van der Waals surface area contributed by atoms with Gasteiger partial charge in [-0.15, -0.1) is 11.3 Å². The number of hydrogen-bond donors (Lipinski definition) is 0. The molecule has 0 aliphatic rings. The number of nitrogens with zero attached hydrogens (tertiary/aromatic N) is 3. The van der Waals surface area contributed by atoms with Gasteiger partial charge in [0.2, 0.25) is 5.89 Å². The summed E-state index contributed by atoms with van der Waals surface area (Å²) < 4.78 is 5.01. The zero-order valence-electron chi connectivity index (χ0n) is 5.89. The maximum absolute atomic E-state index is 8.46. The molecule has 5 heteroatoms. The third-order valence-corrected chi connectivity index (χ3v) is 1.86. The molecule has 2 aromatic heterocycles. The van der Waals surface area contributed by atoms with Gasteiger partial charge >= 0.3 is 0 Å². The molecule has 2 rings (SSSR count). The Kier molecular flexibility index (Phi) is 1.61. The number of thiazole rings is 1. The lowest BCUT2D eigenvalue weighted by atomic mass is 10.5. The summed E-state index contributed by atoms with van der Waals surface area (Å²) in [6.07, 6.45) is 1.31. The van der Waals surface area contributed by atoms with Crippen LogP contribution in [-0.2, 0) is 0 Å². The molecule has 0 aliphatic carbocycles. The highest BCUT2D eigenvalue weighted by molar-refractivity contribution is 7.07. The van der Waals surface area contributed by atoms with E-state index in [0.29, 0.717) is 11.6 Å². The standard InChI is InChI=1S/C7H3N3OS/c8-1-5-2-11-7(10-5)6-3-12-4-9-6/h2-4H. The largest absolute Gasteiger partial charge is 0.442 e. The van der Waals surface area contributed by atoms with Crippen molar-refractivity contribution in [2.75, 3.05) is 0 Å². The molecule has 0 saturated heterocycles. The number of hydrogen-bond acceptors (Lipinski definition) is 5. The lowest BCUT2D eigenvalue weighted by molar-refractivity contribution is 0.572. The van der Waals surface area contributed by atoms with Crippen molar-refractivity contribution in [1.82, 2.24) is 9.97 Å². The SMILES string of the molecule is N#Cc1coc(-c2cscn2)n1. The molecule has 0 amide bonds. The minimum atomic E-state index is 0.276. The fourth-order valence-electron chi connectivity index (χ4n) is 0.761. The molecular formula is C7H3N3OS. The monoisotopic (exact) mass is 177 g/mol. The van der Waals surface area contributed by atoms with Gasteiger partial charge in [-0.3, -0.25) is 0 Å². The van der Waals surface area contributed by atoms with Gasteiger partial charge < -0.3 is 4.42 Å². The summed E-state index contributed by atoms with van der Waals surface area (Å²) in [7, 11) is 0. The van der Waals surface area contributed by atoms with Crippen LogP contribution in [0.2, 0.25) is 0 Å². The molecule has 0 fully saturated rings. The van der Waals surface area contributed by atoms with E-state index in [2.05, 4.69) is 9.97 Å². The second-order valence-corrected chi connectivity index (χ2v) is 2.74. The Morgan fingerprint density at radius 3 is 3.08 bits per heavy atom. The van der Waals surface area contributed by atoms with Crippen LogP contribution in [0.25, 0.3) is 11.6 Å². The molecule has 0 aliphatic heterocycles. The van der Waals surface area contributed by atoms with Gasteiger partial charge in [0.25, 0.3) is 0 Å². The first-order valence-corrected chi connectivity index (χ1v) is 4.08. The summed E-state index contributed by atoms with van der Waals surface area (Å²) in [6, 6.07) is 1.88. The summed E-state index contributed by atoms with van der Waals surface area (Å²) >= 11 is 1.46. The van der Waals surface area contributed by atoms with Crippen LogP contribution >= 0.6 is 11.3 Å². The Bertz CT molecular complexity index is 412. The smallest absolute Gasteiger partial charge is 0.247 e. The molecule has 4 nitrogen and oxygen atoms in total. The van der Waals surface area contributed by atoms with Crippen molar-refractivity contribution in [3.05, 3.63) is 22.8 Å². The van der Waals surface area contributed by atoms with Gasteiger partial charge in [-0.2, -0.15) is 10.2 Å². The Hall–Kier alpha value is -1.67. The molecular weight excluding hydrogens is 174 g/mol. The normalized spacial score (nSPS) is 9.58. The first kappa shape index (κ1) is 7.00.